The van der Waals surface area contributed by atoms with E-state index in [1.165, 1.54) is 24.4 Å². The molecule has 4 rings (SSSR count). The molecule has 5 nitrogen and oxygen atoms in total. The Morgan fingerprint density at radius 3 is 2.54 bits per heavy atom. The third kappa shape index (κ3) is 3.58. The van der Waals surface area contributed by atoms with Crippen molar-refractivity contribution >= 4 is 5.91 Å². The van der Waals surface area contributed by atoms with Gasteiger partial charge in [0.05, 0.1) is 17.4 Å². The summed E-state index contributed by atoms with van der Waals surface area (Å²) >= 11 is 0. The van der Waals surface area contributed by atoms with Gasteiger partial charge in [0.15, 0.2) is 17.7 Å². The Bertz CT molecular complexity index is 999. The summed E-state index contributed by atoms with van der Waals surface area (Å²) in [6.07, 6.45) is -2.58. The van der Waals surface area contributed by atoms with Gasteiger partial charge in [-0.15, -0.1) is 0 Å². The summed E-state index contributed by atoms with van der Waals surface area (Å²) in [5, 5.41) is 6.70. The molecule has 1 aliphatic heterocycles. The number of benzene rings is 2. The fraction of sp³-hybridized carbons (Fsp3) is 0.200. The number of halogens is 3. The van der Waals surface area contributed by atoms with E-state index in [0.29, 0.717) is 12.8 Å². The van der Waals surface area contributed by atoms with Crippen LogP contribution < -0.4 is 10.1 Å². The number of nitrogens with one attached hydrogen (secondary N) is 1. The number of para-hydroxylation sites is 1. The summed E-state index contributed by atoms with van der Waals surface area (Å²) in [5.41, 5.74) is 0.0615. The molecule has 0 radical (unpaired) electrons. The number of aromatic nitrogens is 2. The first kappa shape index (κ1) is 18.1. The zero-order valence-corrected chi connectivity index (χ0v) is 14.6. The molecule has 2 heterocycles. The Morgan fingerprint density at radius 1 is 1.07 bits per heavy atom. The van der Waals surface area contributed by atoms with Gasteiger partial charge in [-0.25, -0.2) is 4.68 Å². The molecule has 0 bridgehead atoms. The van der Waals surface area contributed by atoms with Crippen LogP contribution >= 0.6 is 0 Å². The average Bonchev–Trinajstić information content (AvgIpc) is 3.11. The highest BCUT2D eigenvalue weighted by Crippen LogP contribution is 2.34. The van der Waals surface area contributed by atoms with E-state index in [-0.39, 0.29) is 17.1 Å². The molecule has 1 N–H and O–H groups in total. The molecule has 0 fully saturated rings. The number of rotatable bonds is 4. The molecule has 1 atom stereocenters. The SMILES string of the molecule is O=C1N[C@H](CCc2ccccc2)Oc2cn(-c3ccccc3C(F)(F)F)nc21. The lowest BCUT2D eigenvalue weighted by Gasteiger charge is -2.23. The molecule has 0 aliphatic carbocycles. The van der Waals surface area contributed by atoms with Crippen molar-refractivity contribution in [1.82, 2.24) is 15.1 Å². The third-order valence-corrected chi connectivity index (χ3v) is 4.45. The van der Waals surface area contributed by atoms with Crippen LogP contribution in [0, 0.1) is 0 Å². The highest BCUT2D eigenvalue weighted by Gasteiger charge is 2.35. The Labute approximate surface area is 158 Å². The predicted octanol–water partition coefficient (Wildman–Crippen LogP) is 3.97. The van der Waals surface area contributed by atoms with Gasteiger partial charge in [0.1, 0.15) is 0 Å². The van der Waals surface area contributed by atoms with Crippen LogP contribution in [0.1, 0.15) is 28.0 Å². The van der Waals surface area contributed by atoms with Crippen LogP contribution in [0.4, 0.5) is 13.2 Å². The molecule has 1 amide bonds. The maximum absolute atomic E-state index is 13.3. The van der Waals surface area contributed by atoms with Crippen molar-refractivity contribution in [2.75, 3.05) is 0 Å². The van der Waals surface area contributed by atoms with Crippen molar-refractivity contribution in [3.63, 3.8) is 0 Å². The fourth-order valence-corrected chi connectivity index (χ4v) is 3.11. The van der Waals surface area contributed by atoms with Crippen LogP contribution in [-0.4, -0.2) is 21.9 Å². The number of amides is 1. The second-order valence-corrected chi connectivity index (χ2v) is 6.41. The van der Waals surface area contributed by atoms with Gasteiger partial charge in [-0.2, -0.15) is 18.3 Å². The number of aryl methyl sites for hydroxylation is 1. The van der Waals surface area contributed by atoms with Gasteiger partial charge in [-0.1, -0.05) is 42.5 Å². The molecule has 1 aliphatic rings. The number of hydrogen-bond donors (Lipinski definition) is 1. The van der Waals surface area contributed by atoms with Gasteiger partial charge in [0, 0.05) is 6.42 Å². The van der Waals surface area contributed by atoms with Crippen LogP contribution in [0.15, 0.2) is 60.8 Å². The van der Waals surface area contributed by atoms with E-state index in [9.17, 15) is 18.0 Å². The predicted molar refractivity (Wildman–Crippen MR) is 95.2 cm³/mol. The van der Waals surface area contributed by atoms with Crippen LogP contribution in [0.25, 0.3) is 5.69 Å². The lowest BCUT2D eigenvalue weighted by molar-refractivity contribution is -0.137. The number of nitrogens with zero attached hydrogens (tertiary/aromatic N) is 2. The number of carbonyl (C=O) groups excluding carboxylic acids is 1. The summed E-state index contributed by atoms with van der Waals surface area (Å²) in [7, 11) is 0. The smallest absolute Gasteiger partial charge is 0.418 e. The largest absolute Gasteiger partial charge is 0.466 e. The normalized spacial score (nSPS) is 16.2. The summed E-state index contributed by atoms with van der Waals surface area (Å²) in [6.45, 7) is 0. The van der Waals surface area contributed by atoms with Gasteiger partial charge in [-0.05, 0) is 24.1 Å². The molecule has 3 aromatic rings. The Balaban J connectivity index is 1.57. The van der Waals surface area contributed by atoms with E-state index in [1.54, 1.807) is 0 Å². The molecule has 28 heavy (non-hydrogen) atoms. The van der Waals surface area contributed by atoms with E-state index in [0.717, 1.165) is 16.3 Å². The third-order valence-electron chi connectivity index (χ3n) is 4.45. The minimum atomic E-state index is -4.54. The second-order valence-electron chi connectivity index (χ2n) is 6.41. The zero-order valence-electron chi connectivity index (χ0n) is 14.6. The lowest BCUT2D eigenvalue weighted by Crippen LogP contribution is -2.43. The minimum absolute atomic E-state index is 0.0343. The molecule has 0 saturated carbocycles. The van der Waals surface area contributed by atoms with E-state index in [2.05, 4.69) is 10.4 Å². The Morgan fingerprint density at radius 2 is 1.79 bits per heavy atom. The van der Waals surface area contributed by atoms with Crippen molar-refractivity contribution in [3.05, 3.63) is 77.6 Å². The first-order chi connectivity index (χ1) is 13.4. The maximum atomic E-state index is 13.3. The first-order valence-electron chi connectivity index (χ1n) is 8.69. The Hall–Kier alpha value is -3.29. The van der Waals surface area contributed by atoms with Gasteiger partial charge in [-0.3, -0.25) is 4.79 Å². The van der Waals surface area contributed by atoms with E-state index < -0.39 is 23.9 Å². The van der Waals surface area contributed by atoms with E-state index >= 15 is 0 Å². The number of fused-ring (bicyclic) bond motifs is 1. The van der Waals surface area contributed by atoms with Crippen molar-refractivity contribution in [3.8, 4) is 11.4 Å². The van der Waals surface area contributed by atoms with Crippen molar-refractivity contribution < 1.29 is 22.7 Å². The highest BCUT2D eigenvalue weighted by molar-refractivity contribution is 5.96. The lowest BCUT2D eigenvalue weighted by atomic mass is 10.1. The first-order valence-corrected chi connectivity index (χ1v) is 8.69. The topological polar surface area (TPSA) is 56.1 Å². The number of hydrogen-bond acceptors (Lipinski definition) is 3. The second kappa shape index (κ2) is 7.03. The highest BCUT2D eigenvalue weighted by atomic mass is 19.4. The summed E-state index contributed by atoms with van der Waals surface area (Å²) < 4.78 is 46.6. The Kier molecular flexibility index (Phi) is 4.54. The number of alkyl halides is 3. The summed E-state index contributed by atoms with van der Waals surface area (Å²) in [5.74, 6) is -0.304. The van der Waals surface area contributed by atoms with Crippen LogP contribution in [0.3, 0.4) is 0 Å². The van der Waals surface area contributed by atoms with Gasteiger partial charge < -0.3 is 10.1 Å². The van der Waals surface area contributed by atoms with Gasteiger partial charge in [0.25, 0.3) is 5.91 Å². The molecule has 0 spiro atoms. The maximum Gasteiger partial charge on any atom is 0.418 e. The molecule has 144 valence electrons. The van der Waals surface area contributed by atoms with Crippen molar-refractivity contribution in [2.45, 2.75) is 25.2 Å². The zero-order chi connectivity index (χ0) is 19.7. The molecule has 2 aromatic carbocycles. The van der Waals surface area contributed by atoms with Crippen LogP contribution in [0.2, 0.25) is 0 Å². The molecule has 0 unspecified atom stereocenters. The van der Waals surface area contributed by atoms with Crippen molar-refractivity contribution in [1.29, 1.82) is 0 Å². The van der Waals surface area contributed by atoms with E-state index in [4.69, 9.17) is 4.74 Å². The molecule has 8 heteroatoms. The quantitative estimate of drug-likeness (QED) is 0.737. The fourth-order valence-electron chi connectivity index (χ4n) is 3.11. The number of carbonyl (C=O) groups is 1. The van der Waals surface area contributed by atoms with Crippen LogP contribution in [0.5, 0.6) is 5.75 Å². The van der Waals surface area contributed by atoms with Gasteiger partial charge >= 0.3 is 6.18 Å². The van der Waals surface area contributed by atoms with E-state index in [1.807, 2.05) is 30.3 Å². The molecular formula is C20H16F3N3O2. The monoisotopic (exact) mass is 387 g/mol. The van der Waals surface area contributed by atoms with Gasteiger partial charge in [0.2, 0.25) is 0 Å². The molecular weight excluding hydrogens is 371 g/mol. The number of ether oxygens (including phenoxy) is 1. The van der Waals surface area contributed by atoms with Crippen molar-refractivity contribution in [2.24, 2.45) is 0 Å². The summed E-state index contributed by atoms with van der Waals surface area (Å²) in [6, 6.07) is 14.8. The molecule has 1 aromatic heterocycles. The minimum Gasteiger partial charge on any atom is -0.466 e. The molecule has 0 saturated heterocycles. The standard InChI is InChI=1S/C20H16F3N3O2/c21-20(22,23)14-8-4-5-9-15(14)26-12-16-18(25-26)19(27)24-17(28-16)11-10-13-6-2-1-3-7-13/h1-9,12,17H,10-11H2,(H,24,27)/t17-/m0/s1. The average molecular weight is 387 g/mol. The van der Waals surface area contributed by atoms with Crippen LogP contribution in [-0.2, 0) is 12.6 Å². The summed E-state index contributed by atoms with van der Waals surface area (Å²) in [4.78, 5) is 12.3.